The number of phenols is 1. The van der Waals surface area contributed by atoms with Crippen molar-refractivity contribution >= 4 is 31.9 Å². The summed E-state index contributed by atoms with van der Waals surface area (Å²) in [4.78, 5) is 0. The molecule has 1 nitrogen and oxygen atoms in total. The Labute approximate surface area is 185 Å². The third kappa shape index (κ3) is 5.37. The SMILES string of the molecule is C[C]1[C](C)[C](C)[C]([Si](C)(C)c2cc(C)cc(C(C)(C)C)c2O)[C]1C.[Cl][Ti][Cl]. The molecule has 1 aromatic rings. The van der Waals surface area contributed by atoms with Crippen molar-refractivity contribution in [3.05, 3.63) is 52.5 Å². The summed E-state index contributed by atoms with van der Waals surface area (Å²) in [6.45, 7) is 22.4. The molecule has 1 N–H and O–H groups in total. The van der Waals surface area contributed by atoms with Crippen LogP contribution in [-0.2, 0) is 22.4 Å². The Balaban J connectivity index is 0.00000114. The van der Waals surface area contributed by atoms with Crippen LogP contribution >= 0.6 is 18.6 Å². The first kappa shape index (κ1) is 25.6. The molecule has 0 saturated heterocycles. The van der Waals surface area contributed by atoms with Crippen LogP contribution in [0.15, 0.2) is 12.1 Å². The number of benzene rings is 1. The van der Waals surface area contributed by atoms with E-state index in [1.54, 1.807) is 0 Å². The Bertz CT molecular complexity index is 628. The molecule has 149 valence electrons. The van der Waals surface area contributed by atoms with Gasteiger partial charge >= 0.3 is 35.6 Å². The number of rotatable bonds is 2. The van der Waals surface area contributed by atoms with Crippen LogP contribution in [0.1, 0.15) is 59.6 Å². The quantitative estimate of drug-likeness (QED) is 0.482. The van der Waals surface area contributed by atoms with Crippen LogP contribution in [0, 0.1) is 36.1 Å². The number of aromatic hydroxyl groups is 1. The topological polar surface area (TPSA) is 20.2 Å². The molecule has 0 unspecified atom stereocenters. The number of hydrogen-bond donors (Lipinski definition) is 1. The van der Waals surface area contributed by atoms with E-state index in [4.69, 9.17) is 18.6 Å². The molecule has 1 aromatic carbocycles. The van der Waals surface area contributed by atoms with E-state index in [2.05, 4.69) is 80.6 Å². The molecule has 5 heteroatoms. The molecule has 0 aromatic heterocycles. The maximum atomic E-state index is 11.1. The van der Waals surface area contributed by atoms with Crippen LogP contribution in [0.3, 0.4) is 0 Å². The Morgan fingerprint density at radius 1 is 0.852 bits per heavy atom. The zero-order chi connectivity index (χ0) is 21.3. The molecule has 1 saturated carbocycles. The van der Waals surface area contributed by atoms with Crippen molar-refractivity contribution in [3.8, 4) is 5.75 Å². The average Bonchev–Trinajstić information content (AvgIpc) is 2.72. The molecule has 0 spiro atoms. The second-order valence-corrected chi connectivity index (χ2v) is 15.9. The number of phenolic OH excluding ortho intramolecular Hbond substituents is 1. The fraction of sp³-hybridized carbons (Fsp3) is 0.500. The zero-order valence-electron chi connectivity index (χ0n) is 18.4. The first-order valence-corrected chi connectivity index (χ1v) is 16.6. The molecule has 1 fully saturated rings. The van der Waals surface area contributed by atoms with E-state index >= 15 is 0 Å². The first-order valence-electron chi connectivity index (χ1n) is 9.26. The third-order valence-corrected chi connectivity index (χ3v) is 9.53. The monoisotopic (exact) mass is 459 g/mol. The van der Waals surface area contributed by atoms with Gasteiger partial charge in [0.2, 0.25) is 0 Å². The molecule has 0 bridgehead atoms. The van der Waals surface area contributed by atoms with Gasteiger partial charge in [-0.1, -0.05) is 79.3 Å². The van der Waals surface area contributed by atoms with Crippen LogP contribution < -0.4 is 5.19 Å². The van der Waals surface area contributed by atoms with Gasteiger partial charge in [-0.25, -0.2) is 0 Å². The van der Waals surface area contributed by atoms with Gasteiger partial charge in [0.15, 0.2) is 0 Å². The van der Waals surface area contributed by atoms with Crippen molar-refractivity contribution in [2.45, 2.75) is 73.9 Å². The first-order chi connectivity index (χ1) is 12.2. The van der Waals surface area contributed by atoms with Gasteiger partial charge in [0.05, 0.1) is 8.07 Å². The molecular formula is C22H33Cl2OSiTi. The number of aryl methyl sites for hydroxylation is 1. The predicted molar refractivity (Wildman–Crippen MR) is 119 cm³/mol. The van der Waals surface area contributed by atoms with Crippen molar-refractivity contribution in [3.63, 3.8) is 0 Å². The molecular weight excluding hydrogens is 427 g/mol. The van der Waals surface area contributed by atoms with Gasteiger partial charge in [-0.05, 0) is 52.3 Å². The van der Waals surface area contributed by atoms with Crippen molar-refractivity contribution in [2.75, 3.05) is 0 Å². The van der Waals surface area contributed by atoms with Crippen LogP contribution in [-0.4, -0.2) is 13.2 Å². The van der Waals surface area contributed by atoms with Gasteiger partial charge in [-0.2, -0.15) is 0 Å². The molecule has 0 amide bonds. The summed E-state index contributed by atoms with van der Waals surface area (Å²) in [7, 11) is 7.79. The second kappa shape index (κ2) is 9.56. The van der Waals surface area contributed by atoms with Crippen molar-refractivity contribution in [1.29, 1.82) is 0 Å². The van der Waals surface area contributed by atoms with E-state index in [0.29, 0.717) is 5.75 Å². The standard InChI is InChI=1S/C22H33OSi.2ClH.Ti/c1-13-11-18(22(6,7)8)20(23)19(12-13)24(9,10)21-16(4)14(2)15(3)17(21)5;;;/h11-12,23H,1-10H3;2*1H;/q;;;+2/p-2. The van der Waals surface area contributed by atoms with E-state index in [1.165, 1.54) is 40.0 Å². The van der Waals surface area contributed by atoms with Crippen LogP contribution in [0.25, 0.3) is 0 Å². The van der Waals surface area contributed by atoms with Crippen LogP contribution in [0.2, 0.25) is 13.1 Å². The molecule has 1 aliphatic rings. The van der Waals surface area contributed by atoms with Gasteiger partial charge in [-0.3, -0.25) is 0 Å². The van der Waals surface area contributed by atoms with Crippen molar-refractivity contribution < 1.29 is 22.1 Å². The van der Waals surface area contributed by atoms with E-state index in [9.17, 15) is 5.11 Å². The van der Waals surface area contributed by atoms with E-state index < -0.39 is 25.1 Å². The van der Waals surface area contributed by atoms with Crippen molar-refractivity contribution in [1.82, 2.24) is 0 Å². The van der Waals surface area contributed by atoms with E-state index in [1.807, 2.05) is 0 Å². The van der Waals surface area contributed by atoms with Crippen molar-refractivity contribution in [2.24, 2.45) is 0 Å². The summed E-state index contributed by atoms with van der Waals surface area (Å²) in [6.07, 6.45) is 0. The maximum absolute atomic E-state index is 11.1. The number of hydrogen-bond acceptors (Lipinski definition) is 1. The summed E-state index contributed by atoms with van der Waals surface area (Å²) < 4.78 is 0. The van der Waals surface area contributed by atoms with Gasteiger partial charge in [-0.15, -0.1) is 0 Å². The Kier molecular flexibility index (Phi) is 9.05. The molecule has 27 heavy (non-hydrogen) atoms. The second-order valence-electron chi connectivity index (χ2n) is 9.03. The minimum atomic E-state index is -1.99. The molecule has 0 aliphatic heterocycles. The van der Waals surface area contributed by atoms with Crippen LogP contribution in [0.4, 0.5) is 0 Å². The minimum absolute atomic E-state index is 0.0583. The molecule has 5 radical (unpaired) electrons. The van der Waals surface area contributed by atoms with Gasteiger partial charge < -0.3 is 5.11 Å². The Morgan fingerprint density at radius 2 is 1.26 bits per heavy atom. The van der Waals surface area contributed by atoms with Gasteiger partial charge in [0, 0.05) is 0 Å². The van der Waals surface area contributed by atoms with E-state index in [0.717, 1.165) is 5.56 Å². The zero-order valence-corrected chi connectivity index (χ0v) is 22.4. The summed E-state index contributed by atoms with van der Waals surface area (Å²) in [6, 6.07) is 4.36. The van der Waals surface area contributed by atoms with Gasteiger partial charge in [0.25, 0.3) is 0 Å². The molecule has 0 heterocycles. The molecule has 1 aliphatic carbocycles. The summed E-state index contributed by atoms with van der Waals surface area (Å²) in [5.74, 6) is 6.16. The summed E-state index contributed by atoms with van der Waals surface area (Å²) in [5, 5.41) is 12.3. The summed E-state index contributed by atoms with van der Waals surface area (Å²) >= 11 is -0.556. The summed E-state index contributed by atoms with van der Waals surface area (Å²) in [5.41, 5.74) is 3.74. The number of halogens is 2. The Hall–Kier alpha value is 0.531. The Morgan fingerprint density at radius 3 is 1.63 bits per heavy atom. The van der Waals surface area contributed by atoms with Crippen LogP contribution in [0.5, 0.6) is 5.75 Å². The fourth-order valence-corrected chi connectivity index (χ4v) is 7.95. The van der Waals surface area contributed by atoms with Gasteiger partial charge in [0.1, 0.15) is 5.75 Å². The molecule has 0 atom stereocenters. The normalized spacial score (nSPS) is 18.5. The fourth-order valence-electron chi connectivity index (χ4n) is 4.12. The average molecular weight is 460 g/mol. The van der Waals surface area contributed by atoms with E-state index in [-0.39, 0.29) is 5.41 Å². The molecule has 2 rings (SSSR count). The predicted octanol–water partition coefficient (Wildman–Crippen LogP) is 6.79. The third-order valence-electron chi connectivity index (χ3n) is 5.80.